The summed E-state index contributed by atoms with van der Waals surface area (Å²) in [6, 6.07) is -0.240. The molecule has 102 valence electrons. The Hall–Kier alpha value is -1.89. The molecule has 2 N–H and O–H groups in total. The van der Waals surface area contributed by atoms with Crippen molar-refractivity contribution in [3.63, 3.8) is 0 Å². The van der Waals surface area contributed by atoms with Crippen molar-refractivity contribution in [2.75, 3.05) is 5.32 Å². The number of anilines is 1. The Morgan fingerprint density at radius 3 is 2.95 bits per heavy atom. The minimum atomic E-state index is -0.240. The molecule has 0 spiro atoms. The lowest BCUT2D eigenvalue weighted by molar-refractivity contribution is 0.251. The maximum Gasteiger partial charge on any atom is 0.319 e. The van der Waals surface area contributed by atoms with E-state index in [9.17, 15) is 4.79 Å². The van der Waals surface area contributed by atoms with Crippen LogP contribution in [0.15, 0.2) is 11.6 Å². The molecule has 6 nitrogen and oxygen atoms in total. The normalized spacial score (nSPS) is 10.5. The molecule has 0 atom stereocenters. The fourth-order valence-corrected chi connectivity index (χ4v) is 2.42. The van der Waals surface area contributed by atoms with Crippen LogP contribution in [-0.2, 0) is 20.0 Å². The first-order chi connectivity index (χ1) is 9.08. The molecule has 0 fully saturated rings. The van der Waals surface area contributed by atoms with Crippen molar-refractivity contribution in [3.05, 3.63) is 28.0 Å². The quantitative estimate of drug-likeness (QED) is 0.900. The summed E-state index contributed by atoms with van der Waals surface area (Å²) in [6.45, 7) is 4.37. The van der Waals surface area contributed by atoms with Crippen LogP contribution in [0, 0.1) is 6.92 Å². The van der Waals surface area contributed by atoms with Gasteiger partial charge in [0.25, 0.3) is 0 Å². The van der Waals surface area contributed by atoms with Gasteiger partial charge in [-0.25, -0.2) is 9.78 Å². The van der Waals surface area contributed by atoms with Gasteiger partial charge in [-0.2, -0.15) is 5.10 Å². The first-order valence-corrected chi connectivity index (χ1v) is 6.94. The van der Waals surface area contributed by atoms with Gasteiger partial charge in [-0.3, -0.25) is 4.68 Å². The van der Waals surface area contributed by atoms with E-state index >= 15 is 0 Å². The van der Waals surface area contributed by atoms with Gasteiger partial charge in [0.15, 0.2) is 0 Å². The van der Waals surface area contributed by atoms with E-state index in [0.29, 0.717) is 6.54 Å². The highest BCUT2D eigenvalue weighted by Crippen LogP contribution is 2.13. The first kappa shape index (κ1) is 13.5. The highest BCUT2D eigenvalue weighted by Gasteiger charge is 2.09. The molecule has 0 saturated carbocycles. The number of carbonyl (C=O) groups is 1. The van der Waals surface area contributed by atoms with Crippen molar-refractivity contribution < 1.29 is 4.79 Å². The molecule has 19 heavy (non-hydrogen) atoms. The van der Waals surface area contributed by atoms with Crippen LogP contribution in [0.2, 0.25) is 0 Å². The smallest absolute Gasteiger partial charge is 0.319 e. The van der Waals surface area contributed by atoms with Crippen molar-refractivity contribution in [3.8, 4) is 0 Å². The van der Waals surface area contributed by atoms with Crippen molar-refractivity contribution in [1.29, 1.82) is 0 Å². The van der Waals surface area contributed by atoms with Gasteiger partial charge in [0.05, 0.1) is 17.9 Å². The molecule has 0 aliphatic carbocycles. The van der Waals surface area contributed by atoms with Crippen LogP contribution in [0.25, 0.3) is 0 Å². The van der Waals surface area contributed by atoms with Gasteiger partial charge in [0.1, 0.15) is 5.01 Å². The minimum Gasteiger partial charge on any atom is -0.331 e. The third-order valence-electron chi connectivity index (χ3n) is 2.56. The summed E-state index contributed by atoms with van der Waals surface area (Å²) in [5.41, 5.74) is 2.60. The zero-order valence-corrected chi connectivity index (χ0v) is 12.0. The number of rotatable bonds is 4. The van der Waals surface area contributed by atoms with E-state index in [1.165, 1.54) is 11.3 Å². The zero-order chi connectivity index (χ0) is 13.8. The summed E-state index contributed by atoms with van der Waals surface area (Å²) in [4.78, 5) is 16.1. The summed E-state index contributed by atoms with van der Waals surface area (Å²) < 4.78 is 1.69. The number of nitrogens with zero attached hydrogens (tertiary/aromatic N) is 3. The Kier molecular flexibility index (Phi) is 4.16. The van der Waals surface area contributed by atoms with Gasteiger partial charge in [0, 0.05) is 24.3 Å². The summed E-state index contributed by atoms with van der Waals surface area (Å²) in [7, 11) is 1.83. The maximum atomic E-state index is 11.8. The second-order valence-electron chi connectivity index (χ2n) is 4.21. The Bertz CT molecular complexity index is 574. The van der Waals surface area contributed by atoms with E-state index in [1.54, 1.807) is 10.9 Å². The molecule has 2 heterocycles. The predicted molar refractivity (Wildman–Crippen MR) is 75.3 cm³/mol. The Balaban J connectivity index is 1.90. The second-order valence-corrected chi connectivity index (χ2v) is 5.15. The van der Waals surface area contributed by atoms with Crippen molar-refractivity contribution in [1.82, 2.24) is 20.1 Å². The van der Waals surface area contributed by atoms with Crippen LogP contribution >= 0.6 is 11.3 Å². The summed E-state index contributed by atoms with van der Waals surface area (Å²) in [6.07, 6.45) is 2.58. The molecule has 2 aromatic rings. The SMILES string of the molecule is CCc1nn(C)cc1NC(=O)NCc1nc(C)cs1. The molecule has 7 heteroatoms. The van der Waals surface area contributed by atoms with Gasteiger partial charge < -0.3 is 10.6 Å². The highest BCUT2D eigenvalue weighted by molar-refractivity contribution is 7.09. The molecule has 0 aromatic carbocycles. The van der Waals surface area contributed by atoms with E-state index in [1.807, 2.05) is 26.3 Å². The molecule has 0 aliphatic heterocycles. The standard InChI is InChI=1S/C12H17N5OS/c1-4-9-10(6-17(3)16-9)15-12(18)13-5-11-14-8(2)7-19-11/h6-7H,4-5H2,1-3H3,(H2,13,15,18). The number of hydrogen-bond acceptors (Lipinski definition) is 4. The largest absolute Gasteiger partial charge is 0.331 e. The van der Waals surface area contributed by atoms with Gasteiger partial charge in [-0.15, -0.1) is 11.3 Å². The molecule has 0 bridgehead atoms. The average molecular weight is 279 g/mol. The third-order valence-corrected chi connectivity index (χ3v) is 3.52. The minimum absolute atomic E-state index is 0.240. The number of amides is 2. The molecule has 2 aromatic heterocycles. The topological polar surface area (TPSA) is 71.8 Å². The van der Waals surface area contributed by atoms with Crippen molar-refractivity contribution in [2.24, 2.45) is 7.05 Å². The summed E-state index contributed by atoms with van der Waals surface area (Å²) in [5, 5.41) is 12.7. The molecular weight excluding hydrogens is 262 g/mol. The zero-order valence-electron chi connectivity index (χ0n) is 11.2. The number of nitrogens with one attached hydrogen (secondary N) is 2. The lowest BCUT2D eigenvalue weighted by Gasteiger charge is -2.05. The lowest BCUT2D eigenvalue weighted by atomic mass is 10.3. The number of urea groups is 1. The predicted octanol–water partition coefficient (Wildman–Crippen LogP) is 2.07. The summed E-state index contributed by atoms with van der Waals surface area (Å²) in [5.74, 6) is 0. The Labute approximate surface area is 115 Å². The first-order valence-electron chi connectivity index (χ1n) is 6.07. The molecule has 0 aliphatic rings. The average Bonchev–Trinajstić information content (AvgIpc) is 2.93. The van der Waals surface area contributed by atoms with Crippen LogP contribution in [0.4, 0.5) is 10.5 Å². The monoisotopic (exact) mass is 279 g/mol. The fourth-order valence-electron chi connectivity index (χ4n) is 1.71. The maximum absolute atomic E-state index is 11.8. The number of aromatic nitrogens is 3. The molecule has 0 unspecified atom stereocenters. The van der Waals surface area contributed by atoms with E-state index in [4.69, 9.17) is 0 Å². The van der Waals surface area contributed by atoms with Gasteiger partial charge in [-0.05, 0) is 13.3 Å². The Morgan fingerprint density at radius 1 is 1.53 bits per heavy atom. The van der Waals surface area contributed by atoms with Crippen LogP contribution < -0.4 is 10.6 Å². The highest BCUT2D eigenvalue weighted by atomic mass is 32.1. The van der Waals surface area contributed by atoms with E-state index in [0.717, 1.165) is 28.5 Å². The molecular formula is C12H17N5OS. The lowest BCUT2D eigenvalue weighted by Crippen LogP contribution is -2.28. The second kappa shape index (κ2) is 5.83. The third kappa shape index (κ3) is 3.54. The summed E-state index contributed by atoms with van der Waals surface area (Å²) >= 11 is 1.54. The molecule has 0 saturated heterocycles. The van der Waals surface area contributed by atoms with Crippen LogP contribution in [0.1, 0.15) is 23.3 Å². The van der Waals surface area contributed by atoms with Crippen LogP contribution in [-0.4, -0.2) is 20.8 Å². The molecule has 2 rings (SSSR count). The number of aryl methyl sites for hydroxylation is 3. The van der Waals surface area contributed by atoms with Gasteiger partial charge >= 0.3 is 6.03 Å². The Morgan fingerprint density at radius 2 is 2.32 bits per heavy atom. The van der Waals surface area contributed by atoms with Crippen molar-refractivity contribution in [2.45, 2.75) is 26.8 Å². The molecule has 2 amide bonds. The van der Waals surface area contributed by atoms with Gasteiger partial charge in [-0.1, -0.05) is 6.92 Å². The van der Waals surface area contributed by atoms with E-state index < -0.39 is 0 Å². The van der Waals surface area contributed by atoms with E-state index in [-0.39, 0.29) is 6.03 Å². The van der Waals surface area contributed by atoms with Crippen LogP contribution in [0.3, 0.4) is 0 Å². The van der Waals surface area contributed by atoms with Crippen LogP contribution in [0.5, 0.6) is 0 Å². The van der Waals surface area contributed by atoms with Gasteiger partial charge in [0.2, 0.25) is 0 Å². The van der Waals surface area contributed by atoms with Crippen molar-refractivity contribution >= 4 is 23.1 Å². The fraction of sp³-hybridized carbons (Fsp3) is 0.417. The number of hydrogen-bond donors (Lipinski definition) is 2. The van der Waals surface area contributed by atoms with E-state index in [2.05, 4.69) is 20.7 Å². The molecule has 0 radical (unpaired) electrons. The number of thiazole rings is 1. The number of carbonyl (C=O) groups excluding carboxylic acids is 1.